The molecule has 1 aromatic rings. The second-order valence-corrected chi connectivity index (χ2v) is 5.11. The van der Waals surface area contributed by atoms with Gasteiger partial charge in [-0.15, -0.1) is 0 Å². The molecule has 3 heteroatoms. The molecule has 0 amide bonds. The maximum atomic E-state index is 13.7. The minimum atomic E-state index is -0.439. The molecule has 108 valence electrons. The molecule has 1 rings (SSSR count). The van der Waals surface area contributed by atoms with E-state index in [4.69, 9.17) is 0 Å². The van der Waals surface area contributed by atoms with Crippen LogP contribution in [0.2, 0.25) is 0 Å². The lowest BCUT2D eigenvalue weighted by molar-refractivity contribution is 0.325. The van der Waals surface area contributed by atoms with E-state index >= 15 is 0 Å². The van der Waals surface area contributed by atoms with Crippen LogP contribution >= 0.6 is 0 Å². The second-order valence-electron chi connectivity index (χ2n) is 5.11. The molecular formula is C16H25F2N. The van der Waals surface area contributed by atoms with E-state index in [1.54, 1.807) is 0 Å². The van der Waals surface area contributed by atoms with E-state index < -0.39 is 11.6 Å². The van der Waals surface area contributed by atoms with Crippen molar-refractivity contribution in [2.24, 2.45) is 5.92 Å². The van der Waals surface area contributed by atoms with Crippen LogP contribution in [0.15, 0.2) is 18.2 Å². The van der Waals surface area contributed by atoms with Gasteiger partial charge in [0.05, 0.1) is 0 Å². The SMILES string of the molecule is CCCCC(CC)C(Cc1c(F)cccc1F)NC. The number of likely N-dealkylation sites (N-methyl/N-ethyl adjacent to an activating group) is 1. The smallest absolute Gasteiger partial charge is 0.129 e. The molecule has 1 aromatic carbocycles. The van der Waals surface area contributed by atoms with Crippen LogP contribution in [0.4, 0.5) is 8.78 Å². The lowest BCUT2D eigenvalue weighted by Gasteiger charge is -2.26. The summed E-state index contributed by atoms with van der Waals surface area (Å²) in [5.41, 5.74) is 0.205. The molecule has 1 nitrogen and oxygen atoms in total. The molecule has 0 aromatic heterocycles. The first kappa shape index (κ1) is 16.1. The summed E-state index contributed by atoms with van der Waals surface area (Å²) >= 11 is 0. The summed E-state index contributed by atoms with van der Waals surface area (Å²) in [5, 5.41) is 3.23. The van der Waals surface area contributed by atoms with Crippen molar-refractivity contribution in [3.05, 3.63) is 35.4 Å². The summed E-state index contributed by atoms with van der Waals surface area (Å²) in [4.78, 5) is 0. The van der Waals surface area contributed by atoms with Gasteiger partial charge >= 0.3 is 0 Å². The number of hydrogen-bond acceptors (Lipinski definition) is 1. The van der Waals surface area contributed by atoms with Crippen molar-refractivity contribution in [3.63, 3.8) is 0 Å². The van der Waals surface area contributed by atoms with E-state index in [1.807, 2.05) is 7.05 Å². The lowest BCUT2D eigenvalue weighted by atomic mass is 9.87. The van der Waals surface area contributed by atoms with Gasteiger partial charge < -0.3 is 5.32 Å². The highest BCUT2D eigenvalue weighted by Crippen LogP contribution is 2.22. The molecule has 0 aliphatic rings. The van der Waals surface area contributed by atoms with Gasteiger partial charge in [0.15, 0.2) is 0 Å². The predicted octanol–water partition coefficient (Wildman–Crippen LogP) is 4.31. The minimum Gasteiger partial charge on any atom is -0.316 e. The molecule has 0 saturated heterocycles. The van der Waals surface area contributed by atoms with Gasteiger partial charge in [-0.05, 0) is 37.9 Å². The Kier molecular flexibility index (Phi) is 7.00. The van der Waals surface area contributed by atoms with Crippen molar-refractivity contribution in [2.75, 3.05) is 7.05 Å². The van der Waals surface area contributed by atoms with Crippen molar-refractivity contribution < 1.29 is 8.78 Å². The summed E-state index contributed by atoms with van der Waals surface area (Å²) in [6.45, 7) is 4.31. The molecule has 0 spiro atoms. The molecule has 0 heterocycles. The van der Waals surface area contributed by atoms with Gasteiger partial charge in [-0.2, -0.15) is 0 Å². The first-order valence-electron chi connectivity index (χ1n) is 7.24. The number of rotatable bonds is 8. The number of unbranched alkanes of at least 4 members (excludes halogenated alkanes) is 1. The molecule has 0 aliphatic carbocycles. The number of hydrogen-bond donors (Lipinski definition) is 1. The number of benzene rings is 1. The molecule has 19 heavy (non-hydrogen) atoms. The molecule has 0 fully saturated rings. The van der Waals surface area contributed by atoms with Gasteiger partial charge in [-0.1, -0.05) is 39.2 Å². The summed E-state index contributed by atoms with van der Waals surface area (Å²) < 4.78 is 27.4. The van der Waals surface area contributed by atoms with Gasteiger partial charge in [0, 0.05) is 11.6 Å². The van der Waals surface area contributed by atoms with E-state index in [-0.39, 0.29) is 11.6 Å². The third-order valence-electron chi connectivity index (χ3n) is 3.88. The fraction of sp³-hybridized carbons (Fsp3) is 0.625. The normalized spacial score (nSPS) is 14.4. The summed E-state index contributed by atoms with van der Waals surface area (Å²) in [6.07, 6.45) is 4.87. The van der Waals surface area contributed by atoms with E-state index in [9.17, 15) is 8.78 Å². The summed E-state index contributed by atoms with van der Waals surface area (Å²) in [5.74, 6) is -0.417. The highest BCUT2D eigenvalue weighted by molar-refractivity contribution is 5.21. The Bertz CT molecular complexity index is 359. The second kappa shape index (κ2) is 8.26. The Hall–Kier alpha value is -0.960. The van der Waals surface area contributed by atoms with Gasteiger partial charge in [-0.3, -0.25) is 0 Å². The fourth-order valence-electron chi connectivity index (χ4n) is 2.61. The molecule has 0 saturated carbocycles. The van der Waals surface area contributed by atoms with Gasteiger partial charge in [0.1, 0.15) is 11.6 Å². The molecule has 2 unspecified atom stereocenters. The Morgan fingerprint density at radius 2 is 1.79 bits per heavy atom. The average Bonchev–Trinajstić information content (AvgIpc) is 2.41. The van der Waals surface area contributed by atoms with Crippen LogP contribution in [0.3, 0.4) is 0 Å². The minimum absolute atomic E-state index is 0.128. The third-order valence-corrected chi connectivity index (χ3v) is 3.88. The molecular weight excluding hydrogens is 244 g/mol. The topological polar surface area (TPSA) is 12.0 Å². The zero-order valence-electron chi connectivity index (χ0n) is 12.2. The maximum absolute atomic E-state index is 13.7. The summed E-state index contributed by atoms with van der Waals surface area (Å²) in [7, 11) is 1.87. The standard InChI is InChI=1S/C16H25F2N/c1-4-6-8-12(5-2)16(19-3)11-13-14(17)9-7-10-15(13)18/h7,9-10,12,16,19H,4-6,8,11H2,1-3H3. The van der Waals surface area contributed by atoms with E-state index in [2.05, 4.69) is 19.2 Å². The predicted molar refractivity (Wildman–Crippen MR) is 76.2 cm³/mol. The summed E-state index contributed by atoms with van der Waals surface area (Å²) in [6, 6.07) is 4.20. The Balaban J connectivity index is 2.80. The van der Waals surface area contributed by atoms with Crippen LogP contribution < -0.4 is 5.32 Å². The van der Waals surface area contributed by atoms with Crippen molar-refractivity contribution >= 4 is 0 Å². The molecule has 0 radical (unpaired) electrons. The van der Waals surface area contributed by atoms with E-state index in [0.29, 0.717) is 12.3 Å². The van der Waals surface area contributed by atoms with Crippen LogP contribution in [0.25, 0.3) is 0 Å². The van der Waals surface area contributed by atoms with E-state index in [0.717, 1.165) is 25.7 Å². The van der Waals surface area contributed by atoms with Gasteiger partial charge in [0.2, 0.25) is 0 Å². The van der Waals surface area contributed by atoms with Crippen LogP contribution in [-0.2, 0) is 6.42 Å². The van der Waals surface area contributed by atoms with Crippen molar-refractivity contribution in [2.45, 2.75) is 52.0 Å². The van der Waals surface area contributed by atoms with Crippen LogP contribution in [0, 0.1) is 17.6 Å². The maximum Gasteiger partial charge on any atom is 0.129 e. The Morgan fingerprint density at radius 1 is 1.16 bits per heavy atom. The quantitative estimate of drug-likeness (QED) is 0.741. The average molecular weight is 269 g/mol. The van der Waals surface area contributed by atoms with Gasteiger partial charge in [0.25, 0.3) is 0 Å². The molecule has 0 bridgehead atoms. The molecule has 1 N–H and O–H groups in total. The molecule has 2 atom stereocenters. The van der Waals surface area contributed by atoms with Crippen molar-refractivity contribution in [3.8, 4) is 0 Å². The number of nitrogens with one attached hydrogen (secondary N) is 1. The largest absolute Gasteiger partial charge is 0.316 e. The van der Waals surface area contributed by atoms with Crippen LogP contribution in [0.5, 0.6) is 0 Å². The third kappa shape index (κ3) is 4.57. The van der Waals surface area contributed by atoms with Crippen LogP contribution in [-0.4, -0.2) is 13.1 Å². The highest BCUT2D eigenvalue weighted by Gasteiger charge is 2.21. The first-order chi connectivity index (χ1) is 9.13. The Morgan fingerprint density at radius 3 is 2.26 bits per heavy atom. The zero-order chi connectivity index (χ0) is 14.3. The molecule has 0 aliphatic heterocycles. The highest BCUT2D eigenvalue weighted by atomic mass is 19.1. The lowest BCUT2D eigenvalue weighted by Crippen LogP contribution is -2.36. The zero-order valence-corrected chi connectivity index (χ0v) is 12.2. The Labute approximate surface area is 115 Å². The first-order valence-corrected chi connectivity index (χ1v) is 7.24. The fourth-order valence-corrected chi connectivity index (χ4v) is 2.61. The van der Waals surface area contributed by atoms with Crippen LogP contribution in [0.1, 0.15) is 45.1 Å². The number of halogens is 2. The monoisotopic (exact) mass is 269 g/mol. The van der Waals surface area contributed by atoms with Crippen molar-refractivity contribution in [1.29, 1.82) is 0 Å². The van der Waals surface area contributed by atoms with Crippen molar-refractivity contribution in [1.82, 2.24) is 5.32 Å². The van der Waals surface area contributed by atoms with E-state index in [1.165, 1.54) is 18.2 Å². The van der Waals surface area contributed by atoms with Gasteiger partial charge in [-0.25, -0.2) is 8.78 Å².